The van der Waals surface area contributed by atoms with Crippen molar-refractivity contribution in [1.29, 1.82) is 0 Å². The minimum absolute atomic E-state index is 0.212. The average molecular weight is 246 g/mol. The second-order valence-corrected chi connectivity index (χ2v) is 4.06. The zero-order chi connectivity index (χ0) is 13.1. The fourth-order valence-electron chi connectivity index (χ4n) is 1.83. The lowest BCUT2D eigenvalue weighted by atomic mass is 10.1. The Kier molecular flexibility index (Phi) is 3.32. The number of aromatic carboxylic acids is 1. The number of nitrogens with one attached hydrogen (secondary N) is 1. The Morgan fingerprint density at radius 2 is 2.28 bits per heavy atom. The second-order valence-electron chi connectivity index (χ2n) is 4.06. The molecule has 2 aromatic rings. The van der Waals surface area contributed by atoms with Gasteiger partial charge in [0.15, 0.2) is 0 Å². The van der Waals surface area contributed by atoms with Gasteiger partial charge in [-0.3, -0.25) is 4.98 Å². The summed E-state index contributed by atoms with van der Waals surface area (Å²) in [5.74, 6) is -0.977. The maximum absolute atomic E-state index is 11.2. The van der Waals surface area contributed by atoms with Crippen LogP contribution in [0.15, 0.2) is 29.1 Å². The Morgan fingerprint density at radius 1 is 1.50 bits per heavy atom. The predicted molar refractivity (Wildman–Crippen MR) is 66.7 cm³/mol. The quantitative estimate of drug-likeness (QED) is 0.867. The van der Waals surface area contributed by atoms with Crippen molar-refractivity contribution in [2.24, 2.45) is 0 Å². The van der Waals surface area contributed by atoms with E-state index in [0.717, 1.165) is 11.3 Å². The molecule has 0 saturated heterocycles. The van der Waals surface area contributed by atoms with E-state index in [1.54, 1.807) is 25.5 Å². The molecule has 94 valence electrons. The highest BCUT2D eigenvalue weighted by molar-refractivity contribution is 5.95. The van der Waals surface area contributed by atoms with Crippen LogP contribution in [0.25, 0.3) is 0 Å². The summed E-state index contributed by atoms with van der Waals surface area (Å²) in [5.41, 5.74) is 3.04. The van der Waals surface area contributed by atoms with E-state index >= 15 is 0 Å². The molecule has 0 aliphatic carbocycles. The molecule has 0 bridgehead atoms. The highest BCUT2D eigenvalue weighted by Crippen LogP contribution is 2.20. The summed E-state index contributed by atoms with van der Waals surface area (Å²) in [6.45, 7) is 4.04. The molecule has 5 nitrogen and oxygen atoms in total. The van der Waals surface area contributed by atoms with E-state index in [0.29, 0.717) is 17.9 Å². The Labute approximate surface area is 104 Å². The maximum atomic E-state index is 11.2. The van der Waals surface area contributed by atoms with Crippen molar-refractivity contribution in [1.82, 2.24) is 4.98 Å². The van der Waals surface area contributed by atoms with Crippen LogP contribution in [-0.2, 0) is 6.54 Å². The van der Waals surface area contributed by atoms with Crippen LogP contribution < -0.4 is 5.32 Å². The van der Waals surface area contributed by atoms with Gasteiger partial charge in [0.1, 0.15) is 5.56 Å². The summed E-state index contributed by atoms with van der Waals surface area (Å²) in [7, 11) is 0. The van der Waals surface area contributed by atoms with Gasteiger partial charge < -0.3 is 14.8 Å². The number of carboxylic acid groups (broad SMARTS) is 1. The fourth-order valence-corrected chi connectivity index (χ4v) is 1.83. The molecule has 0 radical (unpaired) electrons. The van der Waals surface area contributed by atoms with Crippen LogP contribution >= 0.6 is 0 Å². The Hall–Kier alpha value is -2.30. The van der Waals surface area contributed by atoms with Crippen LogP contribution in [0.4, 0.5) is 5.69 Å². The Morgan fingerprint density at radius 3 is 2.89 bits per heavy atom. The van der Waals surface area contributed by atoms with Gasteiger partial charge in [0.05, 0.1) is 23.9 Å². The molecule has 0 saturated carbocycles. The fraction of sp³-hybridized carbons (Fsp3) is 0.231. The van der Waals surface area contributed by atoms with Gasteiger partial charge in [0.25, 0.3) is 0 Å². The van der Waals surface area contributed by atoms with Gasteiger partial charge in [-0.05, 0) is 26.0 Å². The molecule has 2 N–H and O–H groups in total. The van der Waals surface area contributed by atoms with E-state index in [4.69, 9.17) is 4.42 Å². The summed E-state index contributed by atoms with van der Waals surface area (Å²) in [6, 6.07) is 3.56. The first-order valence-electron chi connectivity index (χ1n) is 5.54. The van der Waals surface area contributed by atoms with Crippen molar-refractivity contribution >= 4 is 11.7 Å². The summed E-state index contributed by atoms with van der Waals surface area (Å²) in [6.07, 6.45) is 3.20. The molecule has 0 spiro atoms. The first-order chi connectivity index (χ1) is 8.58. The number of carboxylic acids is 1. The smallest absolute Gasteiger partial charge is 0.339 e. The summed E-state index contributed by atoms with van der Waals surface area (Å²) in [4.78, 5) is 15.4. The number of nitrogens with zero attached hydrogens (tertiary/aromatic N) is 1. The van der Waals surface area contributed by atoms with E-state index in [2.05, 4.69) is 10.3 Å². The van der Waals surface area contributed by atoms with Gasteiger partial charge in [-0.15, -0.1) is 0 Å². The molecule has 0 aliphatic rings. The third-order valence-electron chi connectivity index (χ3n) is 2.61. The molecule has 2 heterocycles. The van der Waals surface area contributed by atoms with E-state index in [9.17, 15) is 9.90 Å². The molecule has 18 heavy (non-hydrogen) atoms. The topological polar surface area (TPSA) is 75.4 Å². The van der Waals surface area contributed by atoms with E-state index in [-0.39, 0.29) is 5.56 Å². The summed E-state index contributed by atoms with van der Waals surface area (Å²) < 4.78 is 4.96. The van der Waals surface area contributed by atoms with Crippen LogP contribution in [0.1, 0.15) is 27.3 Å². The number of aryl methyl sites for hydroxylation is 2. The van der Waals surface area contributed by atoms with Crippen molar-refractivity contribution in [2.75, 3.05) is 5.32 Å². The minimum atomic E-state index is -0.977. The minimum Gasteiger partial charge on any atom is -0.478 e. The van der Waals surface area contributed by atoms with Crippen molar-refractivity contribution < 1.29 is 14.3 Å². The molecule has 0 fully saturated rings. The first kappa shape index (κ1) is 12.2. The van der Waals surface area contributed by atoms with E-state index in [1.165, 1.54) is 0 Å². The lowest BCUT2D eigenvalue weighted by molar-refractivity contribution is 0.0696. The van der Waals surface area contributed by atoms with Gasteiger partial charge in [0, 0.05) is 17.8 Å². The molecule has 0 amide bonds. The highest BCUT2D eigenvalue weighted by atomic mass is 16.4. The zero-order valence-corrected chi connectivity index (χ0v) is 10.2. The molecular formula is C13H14N2O3. The van der Waals surface area contributed by atoms with Crippen LogP contribution in [-0.4, -0.2) is 16.1 Å². The number of furan rings is 1. The number of carbonyl (C=O) groups is 1. The Balaban J connectivity index is 2.28. The van der Waals surface area contributed by atoms with Crippen molar-refractivity contribution in [2.45, 2.75) is 20.4 Å². The number of hydrogen-bond acceptors (Lipinski definition) is 4. The van der Waals surface area contributed by atoms with Crippen molar-refractivity contribution in [3.05, 3.63) is 47.2 Å². The molecule has 0 unspecified atom stereocenters. The van der Waals surface area contributed by atoms with Gasteiger partial charge in [0.2, 0.25) is 0 Å². The second kappa shape index (κ2) is 4.91. The Bertz CT molecular complexity index is 562. The number of hydrogen-bond donors (Lipinski definition) is 2. The maximum Gasteiger partial charge on any atom is 0.339 e. The average Bonchev–Trinajstić information content (AvgIpc) is 2.77. The third-order valence-corrected chi connectivity index (χ3v) is 2.61. The van der Waals surface area contributed by atoms with Gasteiger partial charge in [-0.2, -0.15) is 0 Å². The molecule has 0 aromatic carbocycles. The standard InChI is InChI=1S/C13H14N2O3/c1-8-5-11(12(13(16)17)9(2)15-8)14-6-10-3-4-18-7-10/h3-5,7H,6H2,1-2H3,(H,14,15)(H,16,17). The first-order valence-corrected chi connectivity index (χ1v) is 5.54. The van der Waals surface area contributed by atoms with Gasteiger partial charge >= 0.3 is 5.97 Å². The summed E-state index contributed by atoms with van der Waals surface area (Å²) >= 11 is 0. The lowest BCUT2D eigenvalue weighted by Gasteiger charge is -2.11. The van der Waals surface area contributed by atoms with Crippen LogP contribution in [0, 0.1) is 13.8 Å². The van der Waals surface area contributed by atoms with Crippen molar-refractivity contribution in [3.8, 4) is 0 Å². The lowest BCUT2D eigenvalue weighted by Crippen LogP contribution is -2.10. The van der Waals surface area contributed by atoms with Crippen LogP contribution in [0.5, 0.6) is 0 Å². The number of anilines is 1. The monoisotopic (exact) mass is 246 g/mol. The number of aromatic nitrogens is 1. The van der Waals surface area contributed by atoms with Crippen LogP contribution in [0.2, 0.25) is 0 Å². The van der Waals surface area contributed by atoms with E-state index in [1.807, 2.05) is 13.0 Å². The van der Waals surface area contributed by atoms with Gasteiger partial charge in [-0.25, -0.2) is 4.79 Å². The molecule has 0 atom stereocenters. The predicted octanol–water partition coefficient (Wildman–Crippen LogP) is 2.60. The van der Waals surface area contributed by atoms with Crippen LogP contribution in [0.3, 0.4) is 0 Å². The highest BCUT2D eigenvalue weighted by Gasteiger charge is 2.15. The normalized spacial score (nSPS) is 10.3. The molecule has 2 aromatic heterocycles. The third kappa shape index (κ3) is 2.51. The molecule has 5 heteroatoms. The largest absolute Gasteiger partial charge is 0.478 e. The summed E-state index contributed by atoms with van der Waals surface area (Å²) in [5, 5.41) is 12.3. The molecular weight excluding hydrogens is 232 g/mol. The number of rotatable bonds is 4. The molecule has 2 rings (SSSR count). The number of pyridine rings is 1. The van der Waals surface area contributed by atoms with E-state index < -0.39 is 5.97 Å². The SMILES string of the molecule is Cc1cc(NCc2ccoc2)c(C(=O)O)c(C)n1. The molecule has 0 aliphatic heterocycles. The van der Waals surface area contributed by atoms with Crippen molar-refractivity contribution in [3.63, 3.8) is 0 Å². The zero-order valence-electron chi connectivity index (χ0n) is 10.2. The van der Waals surface area contributed by atoms with Gasteiger partial charge in [-0.1, -0.05) is 0 Å².